The Morgan fingerprint density at radius 3 is 2.52 bits per heavy atom. The van der Waals surface area contributed by atoms with Crippen LogP contribution in [-0.4, -0.2) is 38.0 Å². The molecule has 1 aliphatic rings. The first kappa shape index (κ1) is 20.6. The molecule has 152 valence electrons. The Bertz CT molecular complexity index is 921. The van der Waals surface area contributed by atoms with E-state index in [1.807, 2.05) is 43.3 Å². The predicted octanol–water partition coefficient (Wildman–Crippen LogP) is 2.67. The number of aryl methyl sites for hydroxylation is 1. The Morgan fingerprint density at radius 1 is 1.14 bits per heavy atom. The zero-order valence-electron chi connectivity index (χ0n) is 17.0. The minimum atomic E-state index is -0.464. The van der Waals surface area contributed by atoms with Gasteiger partial charge in [0.25, 0.3) is 5.91 Å². The molecule has 2 amide bonds. The fraction of sp³-hybridized carbons (Fsp3) is 0.348. The maximum absolute atomic E-state index is 12.6. The third-order valence-electron chi connectivity index (χ3n) is 5.26. The number of anilines is 1. The maximum Gasteiger partial charge on any atom is 0.310 e. The van der Waals surface area contributed by atoms with Crippen molar-refractivity contribution in [2.45, 2.75) is 26.7 Å². The summed E-state index contributed by atoms with van der Waals surface area (Å²) in [6, 6.07) is 13.3. The minimum absolute atomic E-state index is 0.00187. The number of nitrogens with one attached hydrogen (secondary N) is 1. The topological polar surface area (TPSA) is 75.7 Å². The van der Waals surface area contributed by atoms with Crippen molar-refractivity contribution in [2.75, 3.05) is 25.1 Å². The monoisotopic (exact) mass is 394 g/mol. The number of hydrogen-bond acceptors (Lipinski definition) is 4. The number of carbonyl (C=O) groups excluding carboxylic acids is 3. The van der Waals surface area contributed by atoms with Crippen molar-refractivity contribution in [1.82, 2.24) is 5.32 Å². The summed E-state index contributed by atoms with van der Waals surface area (Å²) < 4.78 is 4.91. The van der Waals surface area contributed by atoms with Gasteiger partial charge in [0.15, 0.2) is 0 Å². The third kappa shape index (κ3) is 4.83. The molecule has 0 radical (unpaired) electrons. The molecular weight excluding hydrogens is 368 g/mol. The Balaban J connectivity index is 1.66. The molecule has 0 bridgehead atoms. The first-order valence-corrected chi connectivity index (χ1v) is 9.71. The molecule has 1 aliphatic heterocycles. The molecule has 29 heavy (non-hydrogen) atoms. The number of benzene rings is 2. The number of amides is 2. The van der Waals surface area contributed by atoms with E-state index >= 15 is 0 Å². The summed E-state index contributed by atoms with van der Waals surface area (Å²) >= 11 is 0. The standard InChI is InChI=1S/C23H26N2O4/c1-15-4-6-17(7-5-15)12-20(23(28)29-3)14-24-22(27)19-8-9-21-18(13-19)10-11-25(21)16(2)26/h4-9,13,20H,10-12,14H2,1-3H3,(H,24,27). The molecule has 6 heteroatoms. The van der Waals surface area contributed by atoms with E-state index in [0.29, 0.717) is 18.5 Å². The van der Waals surface area contributed by atoms with E-state index in [1.54, 1.807) is 11.0 Å². The maximum atomic E-state index is 12.6. The number of nitrogens with zero attached hydrogens (tertiary/aromatic N) is 1. The number of fused-ring (bicyclic) bond motifs is 1. The van der Waals surface area contributed by atoms with Crippen LogP contribution in [0, 0.1) is 12.8 Å². The van der Waals surface area contributed by atoms with Crippen LogP contribution in [0.2, 0.25) is 0 Å². The van der Waals surface area contributed by atoms with Crippen molar-refractivity contribution in [3.63, 3.8) is 0 Å². The molecule has 0 fully saturated rings. The number of hydrogen-bond donors (Lipinski definition) is 1. The second kappa shape index (κ2) is 8.90. The molecule has 0 spiro atoms. The van der Waals surface area contributed by atoms with E-state index in [0.717, 1.165) is 28.8 Å². The highest BCUT2D eigenvalue weighted by atomic mass is 16.5. The predicted molar refractivity (Wildman–Crippen MR) is 111 cm³/mol. The van der Waals surface area contributed by atoms with Gasteiger partial charge in [0.05, 0.1) is 13.0 Å². The van der Waals surface area contributed by atoms with Gasteiger partial charge >= 0.3 is 5.97 Å². The van der Waals surface area contributed by atoms with Gasteiger partial charge in [-0.15, -0.1) is 0 Å². The molecule has 0 aliphatic carbocycles. The van der Waals surface area contributed by atoms with Gasteiger partial charge in [-0.05, 0) is 49.1 Å². The number of carbonyl (C=O) groups is 3. The van der Waals surface area contributed by atoms with Crippen LogP contribution in [0.5, 0.6) is 0 Å². The van der Waals surface area contributed by atoms with E-state index in [9.17, 15) is 14.4 Å². The highest BCUT2D eigenvalue weighted by molar-refractivity contribution is 5.98. The SMILES string of the molecule is COC(=O)C(CNC(=O)c1ccc2c(c1)CCN2C(C)=O)Cc1ccc(C)cc1. The fourth-order valence-electron chi connectivity index (χ4n) is 3.60. The Labute approximate surface area is 170 Å². The molecule has 1 unspecified atom stereocenters. The van der Waals surface area contributed by atoms with Gasteiger partial charge in [-0.1, -0.05) is 29.8 Å². The molecule has 0 saturated carbocycles. The Hall–Kier alpha value is -3.15. The van der Waals surface area contributed by atoms with E-state index in [-0.39, 0.29) is 24.3 Å². The number of rotatable bonds is 6. The number of ether oxygens (including phenoxy) is 1. The molecule has 1 atom stereocenters. The summed E-state index contributed by atoms with van der Waals surface area (Å²) in [7, 11) is 1.35. The molecule has 2 aromatic carbocycles. The van der Waals surface area contributed by atoms with Crippen LogP contribution >= 0.6 is 0 Å². The highest BCUT2D eigenvalue weighted by Crippen LogP contribution is 2.28. The van der Waals surface area contributed by atoms with Gasteiger partial charge in [-0.25, -0.2) is 0 Å². The number of esters is 1. The van der Waals surface area contributed by atoms with Crippen molar-refractivity contribution in [3.8, 4) is 0 Å². The first-order valence-electron chi connectivity index (χ1n) is 9.71. The van der Waals surface area contributed by atoms with Gasteiger partial charge in [-0.2, -0.15) is 0 Å². The molecule has 1 heterocycles. The second-order valence-corrected chi connectivity index (χ2v) is 7.38. The van der Waals surface area contributed by atoms with Gasteiger partial charge in [-0.3, -0.25) is 14.4 Å². The summed E-state index contributed by atoms with van der Waals surface area (Å²) in [5.74, 6) is -1.06. The molecular formula is C23H26N2O4. The molecule has 1 N–H and O–H groups in total. The molecule has 0 aromatic heterocycles. The van der Waals surface area contributed by atoms with Gasteiger partial charge in [0.2, 0.25) is 5.91 Å². The van der Waals surface area contributed by atoms with Crippen molar-refractivity contribution in [3.05, 3.63) is 64.7 Å². The molecule has 2 aromatic rings. The zero-order valence-corrected chi connectivity index (χ0v) is 17.0. The van der Waals surface area contributed by atoms with Crippen LogP contribution in [0.1, 0.15) is 34.0 Å². The second-order valence-electron chi connectivity index (χ2n) is 7.38. The van der Waals surface area contributed by atoms with Crippen molar-refractivity contribution >= 4 is 23.5 Å². The normalized spacial score (nSPS) is 13.6. The van der Waals surface area contributed by atoms with Crippen LogP contribution in [0.4, 0.5) is 5.69 Å². The van der Waals surface area contributed by atoms with E-state index < -0.39 is 5.92 Å². The van der Waals surface area contributed by atoms with E-state index in [2.05, 4.69) is 5.32 Å². The molecule has 6 nitrogen and oxygen atoms in total. The lowest BCUT2D eigenvalue weighted by Gasteiger charge is -2.17. The van der Waals surface area contributed by atoms with Crippen LogP contribution in [0.15, 0.2) is 42.5 Å². The molecule has 3 rings (SSSR count). The summed E-state index contributed by atoms with van der Waals surface area (Å²) in [5, 5.41) is 2.85. The lowest BCUT2D eigenvalue weighted by molar-refractivity contribution is -0.145. The van der Waals surface area contributed by atoms with Crippen LogP contribution in [0.3, 0.4) is 0 Å². The third-order valence-corrected chi connectivity index (χ3v) is 5.26. The van der Waals surface area contributed by atoms with Crippen molar-refractivity contribution in [2.24, 2.45) is 5.92 Å². The van der Waals surface area contributed by atoms with Crippen LogP contribution < -0.4 is 10.2 Å². The zero-order chi connectivity index (χ0) is 21.0. The summed E-state index contributed by atoms with van der Waals surface area (Å²) in [6.45, 7) is 4.37. The Morgan fingerprint density at radius 2 is 1.86 bits per heavy atom. The largest absolute Gasteiger partial charge is 0.469 e. The first-order chi connectivity index (χ1) is 13.9. The van der Waals surface area contributed by atoms with Gasteiger partial charge in [0, 0.05) is 31.3 Å². The van der Waals surface area contributed by atoms with Gasteiger partial charge < -0.3 is 15.0 Å². The van der Waals surface area contributed by atoms with Crippen LogP contribution in [0.25, 0.3) is 0 Å². The van der Waals surface area contributed by atoms with Crippen molar-refractivity contribution in [1.29, 1.82) is 0 Å². The van der Waals surface area contributed by atoms with Crippen LogP contribution in [-0.2, 0) is 27.2 Å². The van der Waals surface area contributed by atoms with E-state index in [1.165, 1.54) is 14.0 Å². The summed E-state index contributed by atoms with van der Waals surface area (Å²) in [5.41, 5.74) is 4.53. The van der Waals surface area contributed by atoms with Crippen molar-refractivity contribution < 1.29 is 19.1 Å². The average molecular weight is 394 g/mol. The quantitative estimate of drug-likeness (QED) is 0.765. The minimum Gasteiger partial charge on any atom is -0.469 e. The summed E-state index contributed by atoms with van der Waals surface area (Å²) in [4.78, 5) is 38.2. The summed E-state index contributed by atoms with van der Waals surface area (Å²) in [6.07, 6.45) is 1.22. The average Bonchev–Trinajstić information content (AvgIpc) is 3.15. The lowest BCUT2D eigenvalue weighted by Crippen LogP contribution is -2.34. The van der Waals surface area contributed by atoms with E-state index in [4.69, 9.17) is 4.74 Å². The number of methoxy groups -OCH3 is 1. The molecule has 0 saturated heterocycles. The smallest absolute Gasteiger partial charge is 0.310 e. The lowest BCUT2D eigenvalue weighted by atomic mass is 9.98. The fourth-order valence-corrected chi connectivity index (χ4v) is 3.60. The van der Waals surface area contributed by atoms with Gasteiger partial charge in [0.1, 0.15) is 0 Å². The Kier molecular flexibility index (Phi) is 6.32. The highest BCUT2D eigenvalue weighted by Gasteiger charge is 2.24.